The first kappa shape index (κ1) is 59.1. The molecule has 0 radical (unpaired) electrons. The topological polar surface area (TPSA) is 131 Å². The van der Waals surface area contributed by atoms with Crippen LogP contribution < -0.4 is 4.89 Å². The molecule has 0 fully saturated rings. The van der Waals surface area contributed by atoms with Crippen molar-refractivity contribution >= 4 is 19.8 Å². The van der Waals surface area contributed by atoms with E-state index in [2.05, 4.69) is 68.5 Å². The first-order chi connectivity index (χ1) is 29.9. The van der Waals surface area contributed by atoms with Crippen LogP contribution in [0.25, 0.3) is 0 Å². The Balaban J connectivity index is 4.51. The Morgan fingerprint density at radius 2 is 1.10 bits per heavy atom. The van der Waals surface area contributed by atoms with Crippen LogP contribution >= 0.6 is 7.82 Å². The molecule has 0 saturated heterocycles. The zero-order valence-corrected chi connectivity index (χ0v) is 40.5. The van der Waals surface area contributed by atoms with Crippen molar-refractivity contribution in [1.29, 1.82) is 0 Å². The third-order valence-electron chi connectivity index (χ3n) is 9.72. The maximum absolute atomic E-state index is 12.7. The van der Waals surface area contributed by atoms with Gasteiger partial charge in [0, 0.05) is 12.8 Å². The zero-order chi connectivity index (χ0) is 45.8. The summed E-state index contributed by atoms with van der Waals surface area (Å²) in [7, 11) is 1.06. The molecule has 0 aromatic rings. The van der Waals surface area contributed by atoms with E-state index in [0.29, 0.717) is 36.7 Å². The van der Waals surface area contributed by atoms with Gasteiger partial charge in [0.25, 0.3) is 7.82 Å². The minimum Gasteiger partial charge on any atom is -0.756 e. The van der Waals surface area contributed by atoms with Crippen molar-refractivity contribution < 1.29 is 47.2 Å². The second kappa shape index (κ2) is 42.1. The lowest BCUT2D eigenvalue weighted by molar-refractivity contribution is -0.870. The maximum atomic E-state index is 12.7. The second-order valence-electron chi connectivity index (χ2n) is 17.0. The number of ether oxygens (including phenoxy) is 2. The van der Waals surface area contributed by atoms with Gasteiger partial charge in [0.15, 0.2) is 6.10 Å². The predicted molar refractivity (Wildman–Crippen MR) is 255 cm³/mol. The molecular formula is C51H88NO9P. The number of phosphoric ester groups is 1. The number of nitrogens with zero attached hydrogens (tertiary/aromatic N) is 1. The van der Waals surface area contributed by atoms with Crippen molar-refractivity contribution in [1.82, 2.24) is 0 Å². The highest BCUT2D eigenvalue weighted by Gasteiger charge is 2.21. The number of phosphoric acid groups is 1. The van der Waals surface area contributed by atoms with Gasteiger partial charge in [0.2, 0.25) is 0 Å². The Kier molecular flexibility index (Phi) is 40.2. The number of esters is 2. The molecule has 0 aromatic heterocycles. The van der Waals surface area contributed by atoms with E-state index in [9.17, 15) is 24.2 Å². The molecule has 10 nitrogen and oxygen atoms in total. The largest absolute Gasteiger partial charge is 0.756 e. The Morgan fingerprint density at radius 3 is 1.71 bits per heavy atom. The number of aliphatic hydroxyl groups is 1. The van der Waals surface area contributed by atoms with E-state index in [1.807, 2.05) is 39.4 Å². The molecule has 0 aliphatic rings. The number of quaternary nitrogens is 1. The summed E-state index contributed by atoms with van der Waals surface area (Å²) in [6.45, 7) is 3.98. The standard InChI is InChI=1S/C51H88NO9P/c1-6-8-10-12-14-16-17-18-19-20-21-22-23-24-25-26-28-30-34-38-42-50(54)58-46-49(47-60-62(56,57)59-45-44-52(3,4)5)61-51(55)43-39-35-31-33-37-41-48(53)40-36-32-29-27-15-13-11-9-7-2/h15-17,19-20,22-23,27,31-33,36-37,41,48-49,53H,6-14,18,21,24-26,28-30,34-35,38-40,42-47H2,1-5H3/b17-16-,20-19-,23-22-,27-15-,33-31+,36-32-,41-37-/t48?,49-/m1/s1. The molecule has 0 heterocycles. The Labute approximate surface area is 378 Å². The quantitative estimate of drug-likeness (QED) is 0.0159. The summed E-state index contributed by atoms with van der Waals surface area (Å²) in [6, 6.07) is 0. The van der Waals surface area contributed by atoms with Crippen LogP contribution in [0.2, 0.25) is 0 Å². The van der Waals surface area contributed by atoms with Gasteiger partial charge < -0.3 is 33.0 Å². The number of allylic oxidation sites excluding steroid dienone is 12. The summed E-state index contributed by atoms with van der Waals surface area (Å²) >= 11 is 0. The average molecular weight is 890 g/mol. The molecule has 0 spiro atoms. The normalized spacial score (nSPS) is 14.8. The number of unbranched alkanes of at least 4 members (excludes halogenated alkanes) is 14. The highest BCUT2D eigenvalue weighted by atomic mass is 31.2. The Bertz CT molecular complexity index is 1340. The van der Waals surface area contributed by atoms with Crippen LogP contribution in [0.5, 0.6) is 0 Å². The SMILES string of the molecule is CCCCC/C=C\C/C=C\CC(O)/C=C\C=C\CCCC(=O)O[C@H](COC(=O)CCCCCCCC/C=C\C/C=C\C/C=C\CCCCCC)COP(=O)([O-])OCC[N+](C)(C)C. The summed E-state index contributed by atoms with van der Waals surface area (Å²) in [5.74, 6) is -0.986. The van der Waals surface area contributed by atoms with E-state index < -0.39 is 38.6 Å². The van der Waals surface area contributed by atoms with Crippen molar-refractivity contribution in [2.24, 2.45) is 0 Å². The van der Waals surface area contributed by atoms with Gasteiger partial charge in [-0.2, -0.15) is 0 Å². The fourth-order valence-electron chi connectivity index (χ4n) is 5.91. The number of carbonyl (C=O) groups excluding carboxylic acids is 2. The number of hydrogen-bond acceptors (Lipinski definition) is 9. The molecule has 0 bridgehead atoms. The number of aliphatic hydroxyl groups excluding tert-OH is 1. The van der Waals surface area contributed by atoms with Crippen LogP contribution in [-0.2, 0) is 32.7 Å². The molecule has 0 rings (SSSR count). The smallest absolute Gasteiger partial charge is 0.306 e. The molecule has 11 heteroatoms. The fourth-order valence-corrected chi connectivity index (χ4v) is 6.64. The third kappa shape index (κ3) is 45.2. The van der Waals surface area contributed by atoms with Crippen LogP contribution in [-0.4, -0.2) is 81.2 Å². The molecule has 3 atom stereocenters. The van der Waals surface area contributed by atoms with E-state index in [4.69, 9.17) is 18.5 Å². The molecule has 356 valence electrons. The van der Waals surface area contributed by atoms with E-state index in [1.165, 1.54) is 51.4 Å². The molecule has 62 heavy (non-hydrogen) atoms. The first-order valence-corrected chi connectivity index (χ1v) is 25.4. The lowest BCUT2D eigenvalue weighted by atomic mass is 10.1. The Morgan fingerprint density at radius 1 is 0.597 bits per heavy atom. The van der Waals surface area contributed by atoms with Gasteiger partial charge in [-0.15, -0.1) is 0 Å². The van der Waals surface area contributed by atoms with Crippen molar-refractivity contribution in [3.05, 3.63) is 85.1 Å². The van der Waals surface area contributed by atoms with Crippen molar-refractivity contribution in [2.45, 2.75) is 180 Å². The molecule has 0 saturated carbocycles. The molecule has 0 amide bonds. The minimum atomic E-state index is -4.67. The van der Waals surface area contributed by atoms with Gasteiger partial charge in [-0.25, -0.2) is 0 Å². The lowest BCUT2D eigenvalue weighted by Gasteiger charge is -2.28. The zero-order valence-electron chi connectivity index (χ0n) is 39.6. The molecule has 2 unspecified atom stereocenters. The van der Waals surface area contributed by atoms with Gasteiger partial charge >= 0.3 is 11.9 Å². The predicted octanol–water partition coefficient (Wildman–Crippen LogP) is 12.3. The van der Waals surface area contributed by atoms with Crippen LogP contribution in [0.4, 0.5) is 0 Å². The van der Waals surface area contributed by atoms with E-state index in [0.717, 1.165) is 64.2 Å². The minimum absolute atomic E-state index is 0.0633. The van der Waals surface area contributed by atoms with Gasteiger partial charge in [-0.3, -0.25) is 14.2 Å². The van der Waals surface area contributed by atoms with Crippen molar-refractivity contribution in [3.63, 3.8) is 0 Å². The molecular weight excluding hydrogens is 802 g/mol. The van der Waals surface area contributed by atoms with Gasteiger partial charge in [-0.1, -0.05) is 157 Å². The summed E-state index contributed by atoms with van der Waals surface area (Å²) in [6.07, 6.45) is 50.7. The van der Waals surface area contributed by atoms with Crippen LogP contribution in [0.1, 0.15) is 168 Å². The highest BCUT2D eigenvalue weighted by molar-refractivity contribution is 7.45. The third-order valence-corrected chi connectivity index (χ3v) is 10.7. The van der Waals surface area contributed by atoms with E-state index in [-0.39, 0.29) is 26.1 Å². The highest BCUT2D eigenvalue weighted by Crippen LogP contribution is 2.38. The Hall–Kier alpha value is -2.85. The van der Waals surface area contributed by atoms with Gasteiger partial charge in [-0.05, 0) is 83.5 Å². The van der Waals surface area contributed by atoms with Crippen LogP contribution in [0.3, 0.4) is 0 Å². The fraction of sp³-hybridized carbons (Fsp3) is 0.686. The molecule has 0 aliphatic heterocycles. The molecule has 0 aromatic carbocycles. The molecule has 0 aliphatic carbocycles. The number of rotatable bonds is 42. The molecule has 1 N–H and O–H groups in total. The monoisotopic (exact) mass is 890 g/mol. The number of likely N-dealkylation sites (N-methyl/N-ethyl adjacent to an activating group) is 1. The van der Waals surface area contributed by atoms with E-state index >= 15 is 0 Å². The first-order valence-electron chi connectivity index (χ1n) is 23.9. The van der Waals surface area contributed by atoms with Crippen molar-refractivity contribution in [3.8, 4) is 0 Å². The summed E-state index contributed by atoms with van der Waals surface area (Å²) in [4.78, 5) is 37.6. The van der Waals surface area contributed by atoms with Crippen LogP contribution in [0.15, 0.2) is 85.1 Å². The summed E-state index contributed by atoms with van der Waals surface area (Å²) in [5.41, 5.74) is 0. The van der Waals surface area contributed by atoms with E-state index in [1.54, 1.807) is 12.2 Å². The lowest BCUT2D eigenvalue weighted by Crippen LogP contribution is -2.37. The summed E-state index contributed by atoms with van der Waals surface area (Å²) < 4.78 is 33.8. The summed E-state index contributed by atoms with van der Waals surface area (Å²) in [5, 5.41) is 10.2. The van der Waals surface area contributed by atoms with Gasteiger partial charge in [0.05, 0.1) is 33.9 Å². The number of carbonyl (C=O) groups is 2. The second-order valence-corrected chi connectivity index (χ2v) is 18.4. The van der Waals surface area contributed by atoms with Crippen LogP contribution in [0, 0.1) is 0 Å². The number of hydrogen-bond donors (Lipinski definition) is 1. The van der Waals surface area contributed by atoms with Gasteiger partial charge in [0.1, 0.15) is 19.8 Å². The average Bonchev–Trinajstić information content (AvgIpc) is 3.22. The van der Waals surface area contributed by atoms with Crippen molar-refractivity contribution in [2.75, 3.05) is 47.5 Å². The maximum Gasteiger partial charge on any atom is 0.306 e.